The molecule has 1 rings (SSSR count). The molecule has 0 radical (unpaired) electrons. The van der Waals surface area contributed by atoms with E-state index in [1.54, 1.807) is 12.1 Å². The van der Waals surface area contributed by atoms with Gasteiger partial charge in [-0.3, -0.25) is 10.1 Å². The van der Waals surface area contributed by atoms with Crippen LogP contribution in [0.5, 0.6) is 0 Å². The lowest BCUT2D eigenvalue weighted by Gasteiger charge is -2.01. The van der Waals surface area contributed by atoms with Crippen molar-refractivity contribution in [2.75, 3.05) is 0 Å². The van der Waals surface area contributed by atoms with E-state index in [1.165, 1.54) is 6.07 Å². The highest BCUT2D eigenvalue weighted by Crippen LogP contribution is 2.19. The second kappa shape index (κ2) is 4.35. The van der Waals surface area contributed by atoms with Crippen molar-refractivity contribution in [3.63, 3.8) is 0 Å². The van der Waals surface area contributed by atoms with Gasteiger partial charge in [-0.2, -0.15) is 5.26 Å². The molecular formula is C9H9N3O2. The molecule has 0 aliphatic rings. The van der Waals surface area contributed by atoms with E-state index in [1.807, 2.05) is 6.07 Å². The van der Waals surface area contributed by atoms with E-state index in [9.17, 15) is 10.1 Å². The molecule has 2 N–H and O–H groups in total. The van der Waals surface area contributed by atoms with Crippen LogP contribution in [0.4, 0.5) is 5.69 Å². The summed E-state index contributed by atoms with van der Waals surface area (Å²) in [7, 11) is 0. The van der Waals surface area contributed by atoms with Gasteiger partial charge in [0.2, 0.25) is 0 Å². The van der Waals surface area contributed by atoms with Crippen molar-refractivity contribution in [2.45, 2.75) is 13.0 Å². The van der Waals surface area contributed by atoms with Crippen LogP contribution in [-0.2, 0) is 13.0 Å². The summed E-state index contributed by atoms with van der Waals surface area (Å²) in [6.45, 7) is 0.107. The Morgan fingerprint density at radius 2 is 2.29 bits per heavy atom. The first-order valence-electron chi connectivity index (χ1n) is 4.02. The molecule has 5 nitrogen and oxygen atoms in total. The zero-order chi connectivity index (χ0) is 10.6. The fraction of sp³-hybridized carbons (Fsp3) is 0.222. The molecule has 0 atom stereocenters. The number of nitrogens with zero attached hydrogens (tertiary/aromatic N) is 2. The van der Waals surface area contributed by atoms with Crippen LogP contribution < -0.4 is 5.73 Å². The molecular weight excluding hydrogens is 182 g/mol. The van der Waals surface area contributed by atoms with Crippen LogP contribution in [-0.4, -0.2) is 4.92 Å². The Balaban J connectivity index is 3.12. The van der Waals surface area contributed by atoms with E-state index >= 15 is 0 Å². The van der Waals surface area contributed by atoms with Crippen molar-refractivity contribution < 1.29 is 4.92 Å². The predicted octanol–water partition coefficient (Wildman–Crippen LogP) is 1.12. The average molecular weight is 191 g/mol. The van der Waals surface area contributed by atoms with Gasteiger partial charge < -0.3 is 5.73 Å². The highest BCUT2D eigenvalue weighted by atomic mass is 16.6. The fourth-order valence-electron chi connectivity index (χ4n) is 1.18. The van der Waals surface area contributed by atoms with E-state index in [2.05, 4.69) is 0 Å². The summed E-state index contributed by atoms with van der Waals surface area (Å²) < 4.78 is 0. The average Bonchev–Trinajstić information content (AvgIpc) is 2.17. The normalized spacial score (nSPS) is 9.43. The highest BCUT2D eigenvalue weighted by Gasteiger charge is 2.12. The number of nitro benzene ring substituents is 1. The number of nitriles is 1. The van der Waals surface area contributed by atoms with Gasteiger partial charge in [-0.15, -0.1) is 0 Å². The zero-order valence-corrected chi connectivity index (χ0v) is 7.43. The van der Waals surface area contributed by atoms with Crippen LogP contribution in [0.3, 0.4) is 0 Å². The number of hydrogen-bond donors (Lipinski definition) is 1. The third-order valence-electron chi connectivity index (χ3n) is 1.84. The summed E-state index contributed by atoms with van der Waals surface area (Å²) in [4.78, 5) is 10.1. The Kier molecular flexibility index (Phi) is 3.15. The topological polar surface area (TPSA) is 92.9 Å². The first-order valence-corrected chi connectivity index (χ1v) is 4.02. The smallest absolute Gasteiger partial charge is 0.273 e. The van der Waals surface area contributed by atoms with E-state index in [4.69, 9.17) is 11.0 Å². The van der Waals surface area contributed by atoms with Crippen LogP contribution in [0.1, 0.15) is 11.1 Å². The van der Waals surface area contributed by atoms with Gasteiger partial charge in [-0.1, -0.05) is 6.07 Å². The van der Waals surface area contributed by atoms with Crippen molar-refractivity contribution in [3.05, 3.63) is 39.4 Å². The first kappa shape index (κ1) is 10.2. The molecule has 0 aromatic heterocycles. The molecule has 0 unspecified atom stereocenters. The molecule has 72 valence electrons. The standard InChI is InChI=1S/C9H9N3O2/c10-4-3-7-1-2-9(12(13)14)8(5-7)6-11/h1-2,5H,3,6,11H2. The van der Waals surface area contributed by atoms with Crippen molar-refractivity contribution in [3.8, 4) is 6.07 Å². The molecule has 0 bridgehead atoms. The monoisotopic (exact) mass is 191 g/mol. The van der Waals surface area contributed by atoms with Gasteiger partial charge in [0, 0.05) is 18.2 Å². The summed E-state index contributed by atoms with van der Waals surface area (Å²) in [6, 6.07) is 6.53. The minimum atomic E-state index is -0.474. The Bertz CT molecular complexity index is 396. The van der Waals surface area contributed by atoms with E-state index in [-0.39, 0.29) is 18.7 Å². The van der Waals surface area contributed by atoms with Crippen LogP contribution in [0.2, 0.25) is 0 Å². The first-order chi connectivity index (χ1) is 6.69. The lowest BCUT2D eigenvalue weighted by atomic mass is 10.1. The van der Waals surface area contributed by atoms with Crippen LogP contribution >= 0.6 is 0 Å². The number of rotatable bonds is 3. The summed E-state index contributed by atoms with van der Waals surface area (Å²) in [5.74, 6) is 0. The Hall–Kier alpha value is -1.93. The zero-order valence-electron chi connectivity index (χ0n) is 7.43. The molecule has 0 aliphatic heterocycles. The molecule has 0 spiro atoms. The number of nitrogens with two attached hydrogens (primary N) is 1. The summed E-state index contributed by atoms with van der Waals surface area (Å²) >= 11 is 0. The Labute approximate surface area is 80.9 Å². The minimum Gasteiger partial charge on any atom is -0.326 e. The van der Waals surface area contributed by atoms with Gasteiger partial charge in [0.15, 0.2) is 0 Å². The van der Waals surface area contributed by atoms with Crippen molar-refractivity contribution in [1.82, 2.24) is 0 Å². The van der Waals surface area contributed by atoms with Gasteiger partial charge in [0.25, 0.3) is 5.69 Å². The molecule has 0 heterocycles. The molecule has 1 aromatic carbocycles. The van der Waals surface area contributed by atoms with Gasteiger partial charge >= 0.3 is 0 Å². The van der Waals surface area contributed by atoms with E-state index < -0.39 is 4.92 Å². The molecule has 0 fully saturated rings. The Morgan fingerprint density at radius 3 is 2.79 bits per heavy atom. The van der Waals surface area contributed by atoms with Crippen LogP contribution in [0.15, 0.2) is 18.2 Å². The fourth-order valence-corrected chi connectivity index (χ4v) is 1.18. The lowest BCUT2D eigenvalue weighted by molar-refractivity contribution is -0.385. The number of benzene rings is 1. The molecule has 0 saturated carbocycles. The number of nitro groups is 1. The van der Waals surface area contributed by atoms with Gasteiger partial charge in [-0.05, 0) is 11.6 Å². The lowest BCUT2D eigenvalue weighted by Crippen LogP contribution is -2.02. The van der Waals surface area contributed by atoms with Crippen molar-refractivity contribution in [2.24, 2.45) is 5.73 Å². The maximum atomic E-state index is 10.5. The van der Waals surface area contributed by atoms with E-state index in [0.717, 1.165) is 5.56 Å². The molecule has 5 heteroatoms. The SMILES string of the molecule is N#CCc1ccc([N+](=O)[O-])c(CN)c1. The summed E-state index contributed by atoms with van der Waals surface area (Å²) in [5, 5.41) is 19.0. The predicted molar refractivity (Wildman–Crippen MR) is 50.3 cm³/mol. The summed E-state index contributed by atoms with van der Waals surface area (Å²) in [6.07, 6.45) is 0.241. The number of hydrogen-bond acceptors (Lipinski definition) is 4. The van der Waals surface area contributed by atoms with Crippen LogP contribution in [0, 0.1) is 21.4 Å². The quantitative estimate of drug-likeness (QED) is 0.572. The highest BCUT2D eigenvalue weighted by molar-refractivity contribution is 5.43. The molecule has 14 heavy (non-hydrogen) atoms. The second-order valence-electron chi connectivity index (χ2n) is 2.76. The third kappa shape index (κ3) is 2.06. The minimum absolute atomic E-state index is 0.00851. The third-order valence-corrected chi connectivity index (χ3v) is 1.84. The van der Waals surface area contributed by atoms with Gasteiger partial charge in [0.05, 0.1) is 17.4 Å². The van der Waals surface area contributed by atoms with E-state index in [0.29, 0.717) is 5.56 Å². The van der Waals surface area contributed by atoms with Crippen LogP contribution in [0.25, 0.3) is 0 Å². The maximum absolute atomic E-state index is 10.5. The molecule has 0 amide bonds. The largest absolute Gasteiger partial charge is 0.326 e. The van der Waals surface area contributed by atoms with Gasteiger partial charge in [-0.25, -0.2) is 0 Å². The van der Waals surface area contributed by atoms with Gasteiger partial charge in [0.1, 0.15) is 0 Å². The molecule has 0 aliphatic carbocycles. The second-order valence-corrected chi connectivity index (χ2v) is 2.76. The maximum Gasteiger partial charge on any atom is 0.273 e. The van der Waals surface area contributed by atoms with Crippen molar-refractivity contribution in [1.29, 1.82) is 5.26 Å². The summed E-state index contributed by atoms with van der Waals surface area (Å²) in [5.41, 5.74) is 6.58. The molecule has 0 saturated heterocycles. The van der Waals surface area contributed by atoms with Crippen molar-refractivity contribution >= 4 is 5.69 Å². The Morgan fingerprint density at radius 1 is 1.57 bits per heavy atom. The molecule has 1 aromatic rings.